The zero-order valence-electron chi connectivity index (χ0n) is 20.8. The highest BCUT2D eigenvalue weighted by Gasteiger charge is 2.30. The lowest BCUT2D eigenvalue weighted by Gasteiger charge is -2.16. The SMILES string of the molecule is COc1cc(Cl)cc(Cl)c1C1=N[C@@H](NC(=O)c2cc(F)cnc2OCc2cccnc2)C(=O)Nc2ccccc21. The number of benzene rings is 2. The van der Waals surface area contributed by atoms with E-state index in [0.717, 1.165) is 12.3 Å². The highest BCUT2D eigenvalue weighted by molar-refractivity contribution is 6.39. The average Bonchev–Trinajstić information content (AvgIpc) is 3.08. The number of nitrogens with zero attached hydrogens (tertiary/aromatic N) is 3. The summed E-state index contributed by atoms with van der Waals surface area (Å²) in [6, 6.07) is 14.5. The summed E-state index contributed by atoms with van der Waals surface area (Å²) < 4.78 is 25.3. The van der Waals surface area contributed by atoms with Crippen molar-refractivity contribution >= 4 is 46.4 Å². The van der Waals surface area contributed by atoms with Gasteiger partial charge in [0.1, 0.15) is 23.7 Å². The zero-order valence-corrected chi connectivity index (χ0v) is 22.3. The van der Waals surface area contributed by atoms with E-state index in [9.17, 15) is 14.0 Å². The number of pyridine rings is 2. The molecule has 0 radical (unpaired) electrons. The van der Waals surface area contributed by atoms with Crippen LogP contribution < -0.4 is 20.1 Å². The predicted octanol–water partition coefficient (Wildman–Crippen LogP) is 5.06. The number of halogens is 3. The molecule has 0 saturated carbocycles. The Balaban J connectivity index is 1.52. The molecule has 0 unspecified atom stereocenters. The Bertz CT molecular complexity index is 1630. The summed E-state index contributed by atoms with van der Waals surface area (Å²) in [6.07, 6.45) is 2.68. The van der Waals surface area contributed by atoms with Gasteiger partial charge in [0.15, 0.2) is 0 Å². The first-order valence-corrected chi connectivity index (χ1v) is 12.6. The molecule has 202 valence electrons. The van der Waals surface area contributed by atoms with E-state index in [2.05, 4.69) is 25.6 Å². The lowest BCUT2D eigenvalue weighted by Crippen LogP contribution is -2.42. The fraction of sp³-hybridized carbons (Fsp3) is 0.107. The third-order valence-electron chi connectivity index (χ3n) is 5.85. The molecule has 0 spiro atoms. The summed E-state index contributed by atoms with van der Waals surface area (Å²) >= 11 is 12.7. The highest BCUT2D eigenvalue weighted by Crippen LogP contribution is 2.35. The molecule has 0 fully saturated rings. The largest absolute Gasteiger partial charge is 0.496 e. The van der Waals surface area contributed by atoms with E-state index in [1.54, 1.807) is 54.9 Å². The van der Waals surface area contributed by atoms with Crippen LogP contribution in [0.25, 0.3) is 0 Å². The van der Waals surface area contributed by atoms with Crippen molar-refractivity contribution in [3.05, 3.63) is 111 Å². The Kier molecular flexibility index (Phi) is 7.90. The maximum Gasteiger partial charge on any atom is 0.269 e. The van der Waals surface area contributed by atoms with Crippen LogP contribution in [0.3, 0.4) is 0 Å². The fourth-order valence-corrected chi connectivity index (χ4v) is 4.60. The molecule has 2 aromatic heterocycles. The average molecular weight is 580 g/mol. The van der Waals surface area contributed by atoms with Crippen LogP contribution in [0.5, 0.6) is 11.6 Å². The number of hydrogen-bond donors (Lipinski definition) is 2. The van der Waals surface area contributed by atoms with Gasteiger partial charge in [-0.1, -0.05) is 47.5 Å². The number of aliphatic imine (C=N–C) groups is 1. The number of benzodiazepines with no additional fused rings is 1. The normalized spacial score (nSPS) is 14.3. The molecule has 0 bridgehead atoms. The minimum atomic E-state index is -1.44. The number of carbonyl (C=O) groups is 2. The van der Waals surface area contributed by atoms with Crippen molar-refractivity contribution in [1.82, 2.24) is 15.3 Å². The Morgan fingerprint density at radius 3 is 2.73 bits per heavy atom. The van der Waals surface area contributed by atoms with Crippen LogP contribution in [0.1, 0.15) is 27.0 Å². The van der Waals surface area contributed by atoms with Crippen LogP contribution in [0.4, 0.5) is 10.1 Å². The predicted molar refractivity (Wildman–Crippen MR) is 148 cm³/mol. The molecule has 40 heavy (non-hydrogen) atoms. The van der Waals surface area contributed by atoms with Gasteiger partial charge >= 0.3 is 0 Å². The van der Waals surface area contributed by atoms with Crippen LogP contribution in [-0.2, 0) is 11.4 Å². The molecule has 1 aliphatic heterocycles. The smallest absolute Gasteiger partial charge is 0.269 e. The zero-order chi connectivity index (χ0) is 28.2. The van der Waals surface area contributed by atoms with Gasteiger partial charge in [0.25, 0.3) is 11.8 Å². The van der Waals surface area contributed by atoms with Crippen LogP contribution in [-0.4, -0.2) is 40.8 Å². The lowest BCUT2D eigenvalue weighted by molar-refractivity contribution is -0.117. The molecule has 9 nitrogen and oxygen atoms in total. The van der Waals surface area contributed by atoms with Gasteiger partial charge in [-0.15, -0.1) is 0 Å². The van der Waals surface area contributed by atoms with Gasteiger partial charge < -0.3 is 20.1 Å². The first-order valence-electron chi connectivity index (χ1n) is 11.8. The van der Waals surface area contributed by atoms with Crippen molar-refractivity contribution in [3.8, 4) is 11.6 Å². The summed E-state index contributed by atoms with van der Waals surface area (Å²) in [4.78, 5) is 39.1. The molecule has 2 amide bonds. The van der Waals surface area contributed by atoms with Gasteiger partial charge in [-0.3, -0.25) is 14.6 Å². The molecular weight excluding hydrogens is 560 g/mol. The highest BCUT2D eigenvalue weighted by atomic mass is 35.5. The summed E-state index contributed by atoms with van der Waals surface area (Å²) in [5.41, 5.74) is 2.08. The maximum absolute atomic E-state index is 14.2. The minimum Gasteiger partial charge on any atom is -0.496 e. The molecule has 1 atom stereocenters. The van der Waals surface area contributed by atoms with Crippen LogP contribution in [0.2, 0.25) is 10.0 Å². The van der Waals surface area contributed by atoms with Crippen molar-refractivity contribution in [2.24, 2.45) is 4.99 Å². The molecule has 4 aromatic rings. The Hall–Kier alpha value is -4.54. The van der Waals surface area contributed by atoms with Gasteiger partial charge in [-0.05, 0) is 30.3 Å². The number of hydrogen-bond acceptors (Lipinski definition) is 7. The number of ether oxygens (including phenoxy) is 2. The van der Waals surface area contributed by atoms with E-state index >= 15 is 0 Å². The molecule has 12 heteroatoms. The van der Waals surface area contributed by atoms with E-state index < -0.39 is 23.8 Å². The maximum atomic E-state index is 14.2. The number of aromatic nitrogens is 2. The Morgan fingerprint density at radius 2 is 1.95 bits per heavy atom. The second-order valence-electron chi connectivity index (χ2n) is 8.51. The standard InChI is InChI=1S/C28H20Cl2FN5O4/c1-39-22-10-16(29)9-20(30)23(22)24-18-6-2-3-7-21(18)34-27(38)25(35-24)36-26(37)19-11-17(31)13-33-28(19)40-14-15-5-4-8-32-12-15/h2-13,25H,14H2,1H3,(H,34,38)(H,36,37)/t25-/m0/s1. The molecule has 2 N–H and O–H groups in total. The third-order valence-corrected chi connectivity index (χ3v) is 6.37. The van der Waals surface area contributed by atoms with E-state index in [0.29, 0.717) is 33.1 Å². The topological polar surface area (TPSA) is 115 Å². The van der Waals surface area contributed by atoms with Crippen molar-refractivity contribution in [2.75, 3.05) is 12.4 Å². The monoisotopic (exact) mass is 579 g/mol. The van der Waals surface area contributed by atoms with E-state index in [-0.39, 0.29) is 28.8 Å². The lowest BCUT2D eigenvalue weighted by atomic mass is 9.99. The Morgan fingerprint density at radius 1 is 1.12 bits per heavy atom. The third kappa shape index (κ3) is 5.73. The van der Waals surface area contributed by atoms with Gasteiger partial charge in [0, 0.05) is 28.5 Å². The van der Waals surface area contributed by atoms with Crippen molar-refractivity contribution in [2.45, 2.75) is 12.8 Å². The van der Waals surface area contributed by atoms with Crippen molar-refractivity contribution in [3.63, 3.8) is 0 Å². The molecule has 5 rings (SSSR count). The van der Waals surface area contributed by atoms with Crippen LogP contribution >= 0.6 is 23.2 Å². The van der Waals surface area contributed by atoms with Crippen LogP contribution in [0, 0.1) is 5.82 Å². The number of carbonyl (C=O) groups excluding carboxylic acids is 2. The van der Waals surface area contributed by atoms with E-state index in [1.165, 1.54) is 13.2 Å². The number of amides is 2. The molecule has 0 saturated heterocycles. The summed E-state index contributed by atoms with van der Waals surface area (Å²) in [6.45, 7) is 0.0309. The number of nitrogens with one attached hydrogen (secondary N) is 2. The van der Waals surface area contributed by atoms with E-state index in [1.807, 2.05) is 0 Å². The van der Waals surface area contributed by atoms with E-state index in [4.69, 9.17) is 32.7 Å². The van der Waals surface area contributed by atoms with Gasteiger partial charge in [0.05, 0.1) is 35.3 Å². The number of fused-ring (bicyclic) bond motifs is 1. The van der Waals surface area contributed by atoms with Crippen molar-refractivity contribution < 1.29 is 23.5 Å². The van der Waals surface area contributed by atoms with Crippen LogP contribution in [0.15, 0.2) is 78.2 Å². The molecule has 3 heterocycles. The second kappa shape index (κ2) is 11.7. The summed E-state index contributed by atoms with van der Waals surface area (Å²) in [5.74, 6) is -2.06. The number of rotatable bonds is 7. The van der Waals surface area contributed by atoms with Gasteiger partial charge in [0.2, 0.25) is 12.0 Å². The fourth-order valence-electron chi connectivity index (χ4n) is 4.04. The second-order valence-corrected chi connectivity index (χ2v) is 9.35. The summed E-state index contributed by atoms with van der Waals surface area (Å²) in [5, 5.41) is 5.87. The quantitative estimate of drug-likeness (QED) is 0.316. The Labute approximate surface area is 238 Å². The first-order chi connectivity index (χ1) is 19.3. The number of methoxy groups -OCH3 is 1. The molecule has 1 aliphatic rings. The van der Waals surface area contributed by atoms with Crippen molar-refractivity contribution in [1.29, 1.82) is 0 Å². The van der Waals surface area contributed by atoms with Gasteiger partial charge in [-0.2, -0.15) is 0 Å². The summed E-state index contributed by atoms with van der Waals surface area (Å²) in [7, 11) is 1.45. The molecule has 2 aromatic carbocycles. The number of para-hydroxylation sites is 1. The molecule has 0 aliphatic carbocycles. The molecular formula is C28H20Cl2FN5O4. The number of anilines is 1. The van der Waals surface area contributed by atoms with Gasteiger partial charge in [-0.25, -0.2) is 14.4 Å². The first kappa shape index (κ1) is 27.0. The minimum absolute atomic E-state index is 0.0309.